The second kappa shape index (κ2) is 5.71. The third-order valence-electron chi connectivity index (χ3n) is 3.51. The van der Waals surface area contributed by atoms with Gasteiger partial charge >= 0.3 is 0 Å². The average Bonchev–Trinajstić information content (AvgIpc) is 2.38. The van der Waals surface area contributed by atoms with E-state index in [1.54, 1.807) is 0 Å². The molecule has 0 radical (unpaired) electrons. The van der Waals surface area contributed by atoms with Crippen molar-refractivity contribution in [2.45, 2.75) is 19.4 Å². The quantitative estimate of drug-likeness (QED) is 0.868. The van der Waals surface area contributed by atoms with Gasteiger partial charge in [0, 0.05) is 42.5 Å². The highest BCUT2D eigenvalue weighted by molar-refractivity contribution is 6.31. The Kier molecular flexibility index (Phi) is 4.26. The van der Waals surface area contributed by atoms with Crippen molar-refractivity contribution >= 4 is 17.3 Å². The number of nitrogens with two attached hydrogens (primary N) is 1. The van der Waals surface area contributed by atoms with Crippen LogP contribution in [-0.2, 0) is 6.54 Å². The summed E-state index contributed by atoms with van der Waals surface area (Å²) in [7, 11) is 0. The number of nitrogens with zero attached hydrogens (tertiary/aromatic N) is 1. The van der Waals surface area contributed by atoms with Crippen molar-refractivity contribution in [2.24, 2.45) is 11.7 Å². The van der Waals surface area contributed by atoms with Crippen LogP contribution in [0.25, 0.3) is 0 Å². The van der Waals surface area contributed by atoms with Crippen molar-refractivity contribution in [1.82, 2.24) is 0 Å². The Bertz CT molecular complexity index is 376. The van der Waals surface area contributed by atoms with Gasteiger partial charge in [-0.15, -0.1) is 0 Å². The molecule has 1 aromatic rings. The van der Waals surface area contributed by atoms with Crippen LogP contribution >= 0.6 is 11.6 Å². The number of hydrogen-bond donors (Lipinski definition) is 2. The lowest BCUT2D eigenvalue weighted by atomic mass is 9.97. The van der Waals surface area contributed by atoms with Crippen LogP contribution in [0.3, 0.4) is 0 Å². The van der Waals surface area contributed by atoms with Gasteiger partial charge in [0.15, 0.2) is 0 Å². The molecule has 0 spiro atoms. The van der Waals surface area contributed by atoms with Crippen LogP contribution in [0.4, 0.5) is 5.69 Å². The van der Waals surface area contributed by atoms with E-state index in [-0.39, 0.29) is 0 Å². The topological polar surface area (TPSA) is 49.5 Å². The van der Waals surface area contributed by atoms with Crippen LogP contribution < -0.4 is 10.6 Å². The van der Waals surface area contributed by atoms with Crippen molar-refractivity contribution < 1.29 is 5.11 Å². The Morgan fingerprint density at radius 2 is 2.06 bits per heavy atom. The van der Waals surface area contributed by atoms with Gasteiger partial charge in [0.05, 0.1) is 0 Å². The Hall–Kier alpha value is -0.770. The van der Waals surface area contributed by atoms with E-state index in [1.807, 2.05) is 12.1 Å². The summed E-state index contributed by atoms with van der Waals surface area (Å²) in [6.45, 7) is 2.71. The maximum absolute atomic E-state index is 9.13. The minimum Gasteiger partial charge on any atom is -0.396 e. The first-order valence-electron chi connectivity index (χ1n) is 6.09. The van der Waals surface area contributed by atoms with Crippen LogP contribution in [0.2, 0.25) is 5.02 Å². The molecule has 0 bridgehead atoms. The molecule has 0 saturated carbocycles. The number of piperidine rings is 1. The van der Waals surface area contributed by atoms with Crippen LogP contribution in [0.1, 0.15) is 18.4 Å². The summed E-state index contributed by atoms with van der Waals surface area (Å²) in [5.41, 5.74) is 7.93. The Labute approximate surface area is 107 Å². The standard InChI is InChI=1S/C13H19ClN2O/c14-12-2-1-3-13(11(12)8-15)16-6-4-10(9-17)5-7-16/h1-3,10,17H,4-9,15H2. The molecule has 1 aliphatic heterocycles. The Balaban J connectivity index is 2.15. The van der Waals surface area contributed by atoms with E-state index in [9.17, 15) is 0 Å². The lowest BCUT2D eigenvalue weighted by Crippen LogP contribution is -2.35. The number of benzene rings is 1. The van der Waals surface area contributed by atoms with Gasteiger partial charge in [-0.25, -0.2) is 0 Å². The minimum atomic E-state index is 0.299. The smallest absolute Gasteiger partial charge is 0.0471 e. The zero-order chi connectivity index (χ0) is 12.3. The van der Waals surface area contributed by atoms with E-state index in [0.29, 0.717) is 19.1 Å². The van der Waals surface area contributed by atoms with E-state index < -0.39 is 0 Å². The van der Waals surface area contributed by atoms with Gasteiger partial charge in [-0.3, -0.25) is 0 Å². The zero-order valence-corrected chi connectivity index (χ0v) is 10.7. The van der Waals surface area contributed by atoms with Gasteiger partial charge in [-0.2, -0.15) is 0 Å². The van der Waals surface area contributed by atoms with Crippen LogP contribution in [0.5, 0.6) is 0 Å². The van der Waals surface area contributed by atoms with Gasteiger partial charge in [-0.05, 0) is 30.9 Å². The van der Waals surface area contributed by atoms with E-state index in [2.05, 4.69) is 11.0 Å². The Morgan fingerprint density at radius 3 is 2.65 bits per heavy atom. The van der Waals surface area contributed by atoms with Gasteiger partial charge in [-0.1, -0.05) is 17.7 Å². The number of hydrogen-bond acceptors (Lipinski definition) is 3. The van der Waals surface area contributed by atoms with Crippen molar-refractivity contribution in [3.05, 3.63) is 28.8 Å². The molecule has 0 aromatic heterocycles. The zero-order valence-electron chi connectivity index (χ0n) is 9.90. The maximum Gasteiger partial charge on any atom is 0.0471 e. The number of anilines is 1. The molecule has 1 aliphatic rings. The van der Waals surface area contributed by atoms with E-state index >= 15 is 0 Å². The van der Waals surface area contributed by atoms with E-state index in [4.69, 9.17) is 22.4 Å². The predicted octanol–water partition coefficient (Wildman–Crippen LogP) is 2.01. The van der Waals surface area contributed by atoms with Crippen LogP contribution in [0, 0.1) is 5.92 Å². The molecule has 0 atom stereocenters. The molecule has 94 valence electrons. The minimum absolute atomic E-state index is 0.299. The summed E-state index contributed by atoms with van der Waals surface area (Å²) in [6.07, 6.45) is 2.07. The predicted molar refractivity (Wildman–Crippen MR) is 71.4 cm³/mol. The molecular formula is C13H19ClN2O. The molecule has 2 rings (SSSR count). The monoisotopic (exact) mass is 254 g/mol. The fourth-order valence-electron chi connectivity index (χ4n) is 2.40. The first-order valence-corrected chi connectivity index (χ1v) is 6.47. The highest BCUT2D eigenvalue weighted by atomic mass is 35.5. The SMILES string of the molecule is NCc1c(Cl)cccc1N1CCC(CO)CC1. The molecule has 3 nitrogen and oxygen atoms in total. The van der Waals surface area contributed by atoms with Crippen molar-refractivity contribution in [3.63, 3.8) is 0 Å². The highest BCUT2D eigenvalue weighted by Crippen LogP contribution is 2.30. The summed E-state index contributed by atoms with van der Waals surface area (Å²) in [5.74, 6) is 0.451. The van der Waals surface area contributed by atoms with Crippen molar-refractivity contribution in [1.29, 1.82) is 0 Å². The second-order valence-corrected chi connectivity index (χ2v) is 4.96. The van der Waals surface area contributed by atoms with E-state index in [0.717, 1.165) is 42.2 Å². The normalized spacial score (nSPS) is 17.5. The van der Waals surface area contributed by atoms with Crippen LogP contribution in [-0.4, -0.2) is 24.8 Å². The molecule has 1 aromatic carbocycles. The number of aliphatic hydroxyl groups excluding tert-OH is 1. The summed E-state index contributed by atoms with van der Waals surface area (Å²) >= 11 is 6.16. The molecule has 1 fully saturated rings. The number of aliphatic hydroxyl groups is 1. The van der Waals surface area contributed by atoms with E-state index in [1.165, 1.54) is 0 Å². The molecule has 1 saturated heterocycles. The molecule has 0 aliphatic carbocycles. The van der Waals surface area contributed by atoms with Crippen molar-refractivity contribution in [3.8, 4) is 0 Å². The molecule has 4 heteroatoms. The van der Waals surface area contributed by atoms with Gasteiger partial charge < -0.3 is 15.7 Å². The molecule has 1 heterocycles. The van der Waals surface area contributed by atoms with Gasteiger partial charge in [0.1, 0.15) is 0 Å². The highest BCUT2D eigenvalue weighted by Gasteiger charge is 2.20. The Morgan fingerprint density at radius 1 is 1.35 bits per heavy atom. The second-order valence-electron chi connectivity index (χ2n) is 4.55. The van der Waals surface area contributed by atoms with Crippen molar-refractivity contribution in [2.75, 3.05) is 24.6 Å². The largest absolute Gasteiger partial charge is 0.396 e. The fourth-order valence-corrected chi connectivity index (χ4v) is 2.65. The number of rotatable bonds is 3. The summed E-state index contributed by atoms with van der Waals surface area (Å²) < 4.78 is 0. The maximum atomic E-state index is 9.13. The summed E-state index contributed by atoms with van der Waals surface area (Å²) in [6, 6.07) is 5.93. The molecule has 17 heavy (non-hydrogen) atoms. The van der Waals surface area contributed by atoms with Crippen LogP contribution in [0.15, 0.2) is 18.2 Å². The lowest BCUT2D eigenvalue weighted by Gasteiger charge is -2.34. The summed E-state index contributed by atoms with van der Waals surface area (Å²) in [5, 5.41) is 9.88. The fraction of sp³-hybridized carbons (Fsp3) is 0.538. The van der Waals surface area contributed by atoms with Gasteiger partial charge in [0.2, 0.25) is 0 Å². The molecule has 0 amide bonds. The molecule has 3 N–H and O–H groups in total. The molecular weight excluding hydrogens is 236 g/mol. The average molecular weight is 255 g/mol. The third kappa shape index (κ3) is 2.73. The lowest BCUT2D eigenvalue weighted by molar-refractivity contribution is 0.203. The first-order chi connectivity index (χ1) is 8.26. The first kappa shape index (κ1) is 12.7. The number of halogens is 1. The molecule has 0 unspecified atom stereocenters. The van der Waals surface area contributed by atoms with Gasteiger partial charge in [0.25, 0.3) is 0 Å². The summed E-state index contributed by atoms with van der Waals surface area (Å²) in [4.78, 5) is 2.32. The third-order valence-corrected chi connectivity index (χ3v) is 3.87.